The molecule has 2 N–H and O–H groups in total. The molecule has 2 rings (SSSR count). The van der Waals surface area contributed by atoms with Gasteiger partial charge in [-0.25, -0.2) is 0 Å². The van der Waals surface area contributed by atoms with Gasteiger partial charge in [0.1, 0.15) is 0 Å². The van der Waals surface area contributed by atoms with E-state index in [1.165, 1.54) is 0 Å². The van der Waals surface area contributed by atoms with Crippen LogP contribution in [-0.4, -0.2) is 47.6 Å². The summed E-state index contributed by atoms with van der Waals surface area (Å²) in [5.41, 5.74) is 1.61. The summed E-state index contributed by atoms with van der Waals surface area (Å²) in [6, 6.07) is 3.72. The molecule has 0 aromatic carbocycles. The van der Waals surface area contributed by atoms with E-state index in [0.29, 0.717) is 18.9 Å². The van der Waals surface area contributed by atoms with Crippen molar-refractivity contribution in [3.05, 3.63) is 24.0 Å². The molecule has 0 bridgehead atoms. The maximum absolute atomic E-state index is 9.39. The second-order valence-electron chi connectivity index (χ2n) is 4.22. The first-order chi connectivity index (χ1) is 8.22. The Morgan fingerprint density at radius 3 is 3.00 bits per heavy atom. The number of aliphatic hydroxyl groups is 2. The van der Waals surface area contributed by atoms with Crippen LogP contribution < -0.4 is 4.90 Å². The molecule has 17 heavy (non-hydrogen) atoms. The van der Waals surface area contributed by atoms with E-state index in [1.54, 1.807) is 13.1 Å². The van der Waals surface area contributed by atoms with Crippen molar-refractivity contribution < 1.29 is 14.9 Å². The van der Waals surface area contributed by atoms with Crippen LogP contribution in [0.4, 0.5) is 5.69 Å². The summed E-state index contributed by atoms with van der Waals surface area (Å²) >= 11 is 0. The molecule has 1 saturated heterocycles. The van der Waals surface area contributed by atoms with E-state index in [1.807, 2.05) is 12.1 Å². The molecule has 0 aliphatic carbocycles. The lowest BCUT2D eigenvalue weighted by Crippen LogP contribution is -2.47. The van der Waals surface area contributed by atoms with Crippen LogP contribution in [0.3, 0.4) is 0 Å². The van der Waals surface area contributed by atoms with Gasteiger partial charge in [-0.1, -0.05) is 0 Å². The SMILES string of the molecule is CC(O)c1ccc(N2CCOCC2CO)cn1. The molecule has 0 amide bonds. The van der Waals surface area contributed by atoms with Crippen LogP contribution in [0.5, 0.6) is 0 Å². The topological polar surface area (TPSA) is 65.8 Å². The van der Waals surface area contributed by atoms with Crippen molar-refractivity contribution in [3.8, 4) is 0 Å². The quantitative estimate of drug-likeness (QED) is 0.794. The Labute approximate surface area is 101 Å². The van der Waals surface area contributed by atoms with E-state index in [2.05, 4.69) is 9.88 Å². The van der Waals surface area contributed by atoms with Crippen molar-refractivity contribution >= 4 is 5.69 Å². The zero-order valence-corrected chi connectivity index (χ0v) is 9.91. The minimum absolute atomic E-state index is 0.0112. The van der Waals surface area contributed by atoms with Crippen LogP contribution in [0.1, 0.15) is 18.7 Å². The number of nitrogens with zero attached hydrogens (tertiary/aromatic N) is 2. The fraction of sp³-hybridized carbons (Fsp3) is 0.583. The zero-order chi connectivity index (χ0) is 12.3. The van der Waals surface area contributed by atoms with Crippen LogP contribution in [0.25, 0.3) is 0 Å². The number of anilines is 1. The molecule has 1 aliphatic rings. The lowest BCUT2D eigenvalue weighted by atomic mass is 10.2. The molecular weight excluding hydrogens is 220 g/mol. The Bertz CT molecular complexity index is 353. The number of aromatic nitrogens is 1. The molecule has 0 saturated carbocycles. The largest absolute Gasteiger partial charge is 0.394 e. The molecule has 0 radical (unpaired) electrons. The Morgan fingerprint density at radius 2 is 2.41 bits per heavy atom. The van der Waals surface area contributed by atoms with Crippen molar-refractivity contribution in [3.63, 3.8) is 0 Å². The maximum atomic E-state index is 9.39. The van der Waals surface area contributed by atoms with Gasteiger partial charge in [0.2, 0.25) is 0 Å². The first-order valence-electron chi connectivity index (χ1n) is 5.81. The molecule has 2 atom stereocenters. The zero-order valence-electron chi connectivity index (χ0n) is 9.91. The molecule has 2 unspecified atom stereocenters. The van der Waals surface area contributed by atoms with Crippen LogP contribution in [0.2, 0.25) is 0 Å². The van der Waals surface area contributed by atoms with Gasteiger partial charge in [-0.05, 0) is 19.1 Å². The Kier molecular flexibility index (Phi) is 3.93. The number of morpholine rings is 1. The molecule has 0 spiro atoms. The summed E-state index contributed by atoms with van der Waals surface area (Å²) in [5, 5.41) is 18.7. The van der Waals surface area contributed by atoms with E-state index in [9.17, 15) is 10.2 Å². The van der Waals surface area contributed by atoms with E-state index >= 15 is 0 Å². The van der Waals surface area contributed by atoms with Gasteiger partial charge in [0.05, 0.1) is 49.5 Å². The molecule has 1 aliphatic heterocycles. The Balaban J connectivity index is 2.15. The number of rotatable bonds is 3. The van der Waals surface area contributed by atoms with Crippen molar-refractivity contribution in [1.29, 1.82) is 0 Å². The molecular formula is C12H18N2O3. The average Bonchev–Trinajstić information content (AvgIpc) is 2.39. The first kappa shape index (κ1) is 12.3. The Hall–Kier alpha value is -1.17. The smallest absolute Gasteiger partial charge is 0.0931 e. The average molecular weight is 238 g/mol. The highest BCUT2D eigenvalue weighted by atomic mass is 16.5. The first-order valence-corrected chi connectivity index (χ1v) is 5.81. The molecule has 1 fully saturated rings. The van der Waals surface area contributed by atoms with E-state index < -0.39 is 6.10 Å². The molecule has 1 aromatic rings. The second kappa shape index (κ2) is 5.44. The number of hydrogen-bond acceptors (Lipinski definition) is 5. The second-order valence-corrected chi connectivity index (χ2v) is 4.22. The van der Waals surface area contributed by atoms with Gasteiger partial charge in [0.25, 0.3) is 0 Å². The number of hydrogen-bond donors (Lipinski definition) is 2. The fourth-order valence-electron chi connectivity index (χ4n) is 1.96. The van der Waals surface area contributed by atoms with Crippen molar-refractivity contribution in [2.75, 3.05) is 31.3 Å². The summed E-state index contributed by atoms with van der Waals surface area (Å²) in [6.07, 6.45) is 1.18. The van der Waals surface area contributed by atoms with Crippen LogP contribution in [-0.2, 0) is 4.74 Å². The lowest BCUT2D eigenvalue weighted by Gasteiger charge is -2.36. The molecule has 5 nitrogen and oxygen atoms in total. The molecule has 1 aromatic heterocycles. The summed E-state index contributed by atoms with van der Waals surface area (Å²) in [5.74, 6) is 0. The highest BCUT2D eigenvalue weighted by Crippen LogP contribution is 2.20. The van der Waals surface area contributed by atoms with Gasteiger partial charge in [0, 0.05) is 6.54 Å². The minimum Gasteiger partial charge on any atom is -0.394 e. The monoisotopic (exact) mass is 238 g/mol. The van der Waals surface area contributed by atoms with Crippen LogP contribution in [0.15, 0.2) is 18.3 Å². The Morgan fingerprint density at radius 1 is 1.59 bits per heavy atom. The van der Waals surface area contributed by atoms with E-state index in [0.717, 1.165) is 12.2 Å². The van der Waals surface area contributed by atoms with E-state index in [4.69, 9.17) is 4.74 Å². The maximum Gasteiger partial charge on any atom is 0.0931 e. The van der Waals surface area contributed by atoms with Crippen molar-refractivity contribution in [1.82, 2.24) is 4.98 Å². The van der Waals surface area contributed by atoms with Gasteiger partial charge in [0.15, 0.2) is 0 Å². The third-order valence-corrected chi connectivity index (χ3v) is 2.97. The van der Waals surface area contributed by atoms with Gasteiger partial charge in [-0.3, -0.25) is 4.98 Å². The van der Waals surface area contributed by atoms with Crippen LogP contribution >= 0.6 is 0 Å². The molecule has 5 heteroatoms. The van der Waals surface area contributed by atoms with Gasteiger partial charge in [-0.2, -0.15) is 0 Å². The summed E-state index contributed by atoms with van der Waals surface area (Å²) < 4.78 is 5.32. The standard InChI is InChI=1S/C12H18N2O3/c1-9(16)12-3-2-10(6-13-12)14-4-5-17-8-11(14)7-15/h2-3,6,9,11,15-16H,4-5,7-8H2,1H3. The minimum atomic E-state index is -0.553. The predicted octanol–water partition coefficient (Wildman–Crippen LogP) is 0.332. The number of ether oxygens (including phenoxy) is 1. The normalized spacial score (nSPS) is 22.5. The highest BCUT2D eigenvalue weighted by Gasteiger charge is 2.22. The van der Waals surface area contributed by atoms with Gasteiger partial charge >= 0.3 is 0 Å². The highest BCUT2D eigenvalue weighted by molar-refractivity contribution is 5.46. The predicted molar refractivity (Wildman–Crippen MR) is 63.9 cm³/mol. The van der Waals surface area contributed by atoms with Crippen molar-refractivity contribution in [2.45, 2.75) is 19.1 Å². The third-order valence-electron chi connectivity index (χ3n) is 2.97. The lowest BCUT2D eigenvalue weighted by molar-refractivity contribution is 0.0726. The fourth-order valence-corrected chi connectivity index (χ4v) is 1.96. The van der Waals surface area contributed by atoms with Crippen molar-refractivity contribution in [2.24, 2.45) is 0 Å². The summed E-state index contributed by atoms with van der Waals surface area (Å²) in [7, 11) is 0. The summed E-state index contributed by atoms with van der Waals surface area (Å²) in [4.78, 5) is 6.29. The van der Waals surface area contributed by atoms with Crippen LogP contribution in [0, 0.1) is 0 Å². The summed E-state index contributed by atoms with van der Waals surface area (Å²) in [6.45, 7) is 3.70. The molecule has 94 valence electrons. The third kappa shape index (κ3) is 2.74. The molecule has 2 heterocycles. The number of pyridine rings is 1. The van der Waals surface area contributed by atoms with Gasteiger partial charge in [-0.15, -0.1) is 0 Å². The van der Waals surface area contributed by atoms with Gasteiger partial charge < -0.3 is 19.8 Å². The number of aliphatic hydroxyl groups excluding tert-OH is 2. The van der Waals surface area contributed by atoms with E-state index in [-0.39, 0.29) is 12.6 Å².